The highest BCUT2D eigenvalue weighted by Gasteiger charge is 2.36. The van der Waals surface area contributed by atoms with Crippen LogP contribution in [0.25, 0.3) is 0 Å². The standard InChI is InChI=1S/C8H9F3N2OS/c1-4-6(5(14)3-12-2)15-7(13-4)8(9,10)11/h12H,3H2,1-2H3. The Balaban J connectivity index is 3.02. The molecule has 3 nitrogen and oxygen atoms in total. The molecule has 0 atom stereocenters. The molecular formula is C8H9F3N2OS. The number of hydrogen-bond donors (Lipinski definition) is 1. The van der Waals surface area contributed by atoms with Crippen molar-refractivity contribution in [3.05, 3.63) is 15.6 Å². The van der Waals surface area contributed by atoms with Crippen LogP contribution < -0.4 is 5.32 Å². The van der Waals surface area contributed by atoms with Gasteiger partial charge in [-0.3, -0.25) is 4.79 Å². The van der Waals surface area contributed by atoms with Crippen LogP contribution in [0.5, 0.6) is 0 Å². The lowest BCUT2D eigenvalue weighted by atomic mass is 10.3. The van der Waals surface area contributed by atoms with Gasteiger partial charge in [-0.1, -0.05) is 0 Å². The molecule has 0 saturated carbocycles. The Hall–Kier alpha value is -0.950. The number of carbonyl (C=O) groups excluding carboxylic acids is 1. The molecule has 1 aromatic heterocycles. The first-order chi connectivity index (χ1) is 6.86. The molecule has 84 valence electrons. The van der Waals surface area contributed by atoms with E-state index in [9.17, 15) is 18.0 Å². The summed E-state index contributed by atoms with van der Waals surface area (Å²) in [7, 11) is 1.55. The molecule has 0 saturated heterocycles. The van der Waals surface area contributed by atoms with Crippen molar-refractivity contribution in [1.29, 1.82) is 0 Å². The number of halogens is 3. The van der Waals surface area contributed by atoms with Crippen molar-refractivity contribution in [2.45, 2.75) is 13.1 Å². The Morgan fingerprint density at radius 1 is 1.53 bits per heavy atom. The van der Waals surface area contributed by atoms with E-state index in [4.69, 9.17) is 0 Å². The third kappa shape index (κ3) is 2.75. The van der Waals surface area contributed by atoms with Gasteiger partial charge in [0.05, 0.1) is 17.1 Å². The zero-order valence-electron chi connectivity index (χ0n) is 8.10. The van der Waals surface area contributed by atoms with Gasteiger partial charge in [0.15, 0.2) is 10.8 Å². The smallest absolute Gasteiger partial charge is 0.313 e. The Bertz CT molecular complexity index is 372. The van der Waals surface area contributed by atoms with Crippen molar-refractivity contribution in [3.8, 4) is 0 Å². The molecule has 0 amide bonds. The van der Waals surface area contributed by atoms with Crippen LogP contribution >= 0.6 is 11.3 Å². The molecular weight excluding hydrogens is 229 g/mol. The van der Waals surface area contributed by atoms with Gasteiger partial charge in [0.1, 0.15) is 0 Å². The molecule has 1 N–H and O–H groups in total. The number of aryl methyl sites for hydroxylation is 1. The van der Waals surface area contributed by atoms with Crippen molar-refractivity contribution < 1.29 is 18.0 Å². The maximum Gasteiger partial charge on any atom is 0.443 e. The summed E-state index contributed by atoms with van der Waals surface area (Å²) >= 11 is 0.389. The average Bonchev–Trinajstić information content (AvgIpc) is 2.47. The minimum Gasteiger partial charge on any atom is -0.313 e. The summed E-state index contributed by atoms with van der Waals surface area (Å²) in [5.41, 5.74) is 0.132. The summed E-state index contributed by atoms with van der Waals surface area (Å²) in [6, 6.07) is 0. The number of Topliss-reactive ketones (excluding diaryl/α,β-unsaturated/α-hetero) is 1. The molecule has 15 heavy (non-hydrogen) atoms. The SMILES string of the molecule is CNCC(=O)c1sc(C(F)(F)F)nc1C. The molecule has 1 rings (SSSR count). The summed E-state index contributed by atoms with van der Waals surface area (Å²) in [6.07, 6.45) is -4.48. The second-order valence-corrected chi connectivity index (χ2v) is 3.88. The fraction of sp³-hybridized carbons (Fsp3) is 0.500. The Morgan fingerprint density at radius 3 is 2.53 bits per heavy atom. The van der Waals surface area contributed by atoms with Crippen molar-refractivity contribution in [2.75, 3.05) is 13.6 Å². The largest absolute Gasteiger partial charge is 0.443 e. The number of aromatic nitrogens is 1. The minimum atomic E-state index is -4.48. The summed E-state index contributed by atoms with van der Waals surface area (Å²) in [5.74, 6) is -0.372. The molecule has 0 aliphatic rings. The summed E-state index contributed by atoms with van der Waals surface area (Å²) in [4.78, 5) is 14.7. The first-order valence-corrected chi connectivity index (χ1v) is 4.90. The zero-order valence-corrected chi connectivity index (χ0v) is 8.92. The van der Waals surface area contributed by atoms with Crippen LogP contribution in [-0.4, -0.2) is 24.4 Å². The molecule has 1 aromatic rings. The molecule has 0 radical (unpaired) electrons. The Labute approximate surface area is 88.3 Å². The zero-order chi connectivity index (χ0) is 11.6. The van der Waals surface area contributed by atoms with Gasteiger partial charge in [0.25, 0.3) is 0 Å². The number of thiazole rings is 1. The highest BCUT2D eigenvalue weighted by atomic mass is 32.1. The van der Waals surface area contributed by atoms with Crippen molar-refractivity contribution in [1.82, 2.24) is 10.3 Å². The van der Waals surface area contributed by atoms with Gasteiger partial charge >= 0.3 is 6.18 Å². The lowest BCUT2D eigenvalue weighted by Gasteiger charge is -1.98. The summed E-state index contributed by atoms with van der Waals surface area (Å²) < 4.78 is 36.8. The van der Waals surface area contributed by atoms with Gasteiger partial charge in [-0.05, 0) is 14.0 Å². The number of likely N-dealkylation sites (N-methyl/N-ethyl adjacent to an activating group) is 1. The molecule has 7 heteroatoms. The third-order valence-corrected chi connectivity index (χ3v) is 2.87. The highest BCUT2D eigenvalue weighted by molar-refractivity contribution is 7.14. The monoisotopic (exact) mass is 238 g/mol. The average molecular weight is 238 g/mol. The van der Waals surface area contributed by atoms with Gasteiger partial charge in [-0.15, -0.1) is 11.3 Å². The van der Waals surface area contributed by atoms with Crippen LogP contribution in [0.3, 0.4) is 0 Å². The Kier molecular flexibility index (Phi) is 3.46. The predicted octanol–water partition coefficient (Wildman–Crippen LogP) is 1.87. The quantitative estimate of drug-likeness (QED) is 0.817. The van der Waals surface area contributed by atoms with E-state index in [1.54, 1.807) is 7.05 Å². The normalized spacial score (nSPS) is 11.8. The first kappa shape index (κ1) is 12.1. The fourth-order valence-electron chi connectivity index (χ4n) is 1.02. The van der Waals surface area contributed by atoms with E-state index in [0.717, 1.165) is 0 Å². The molecule has 0 aliphatic carbocycles. The number of carbonyl (C=O) groups is 1. The van der Waals surface area contributed by atoms with Crippen molar-refractivity contribution >= 4 is 17.1 Å². The highest BCUT2D eigenvalue weighted by Crippen LogP contribution is 2.34. The van der Waals surface area contributed by atoms with Gasteiger partial charge in [-0.25, -0.2) is 4.98 Å². The van der Waals surface area contributed by atoms with Crippen LogP contribution in [0.1, 0.15) is 20.4 Å². The predicted molar refractivity (Wildman–Crippen MR) is 50.1 cm³/mol. The summed E-state index contributed by atoms with van der Waals surface area (Å²) in [5, 5.41) is 1.62. The van der Waals surface area contributed by atoms with Crippen molar-refractivity contribution in [3.63, 3.8) is 0 Å². The lowest BCUT2D eigenvalue weighted by molar-refractivity contribution is -0.137. The fourth-order valence-corrected chi connectivity index (χ4v) is 1.89. The maximum atomic E-state index is 12.3. The van der Waals surface area contributed by atoms with Crippen LogP contribution in [0.2, 0.25) is 0 Å². The molecule has 0 aromatic carbocycles. The maximum absolute atomic E-state index is 12.3. The number of hydrogen-bond acceptors (Lipinski definition) is 4. The van der Waals surface area contributed by atoms with Gasteiger partial charge in [0, 0.05) is 0 Å². The summed E-state index contributed by atoms with van der Waals surface area (Å²) in [6.45, 7) is 1.41. The van der Waals surface area contributed by atoms with E-state index in [1.807, 2.05) is 0 Å². The molecule has 1 heterocycles. The molecule has 0 spiro atoms. The van der Waals surface area contributed by atoms with E-state index in [0.29, 0.717) is 11.3 Å². The van der Waals surface area contributed by atoms with E-state index in [1.165, 1.54) is 6.92 Å². The lowest BCUT2D eigenvalue weighted by Crippen LogP contribution is -2.18. The minimum absolute atomic E-state index is 0.0142. The second-order valence-electron chi connectivity index (χ2n) is 2.88. The number of nitrogens with zero attached hydrogens (tertiary/aromatic N) is 1. The number of nitrogens with one attached hydrogen (secondary N) is 1. The van der Waals surface area contributed by atoms with E-state index < -0.39 is 11.2 Å². The molecule has 0 unspecified atom stereocenters. The van der Waals surface area contributed by atoms with Crippen LogP contribution in [0, 0.1) is 6.92 Å². The molecule has 0 aliphatic heterocycles. The number of alkyl halides is 3. The third-order valence-electron chi connectivity index (χ3n) is 1.63. The van der Waals surface area contributed by atoms with Crippen LogP contribution in [0.15, 0.2) is 0 Å². The van der Waals surface area contributed by atoms with E-state index >= 15 is 0 Å². The molecule has 0 fully saturated rings. The van der Waals surface area contributed by atoms with Crippen LogP contribution in [-0.2, 0) is 6.18 Å². The van der Waals surface area contributed by atoms with Gasteiger partial charge in [0.2, 0.25) is 0 Å². The number of rotatable bonds is 3. The van der Waals surface area contributed by atoms with Gasteiger partial charge in [-0.2, -0.15) is 13.2 Å². The van der Waals surface area contributed by atoms with E-state index in [2.05, 4.69) is 10.3 Å². The second kappa shape index (κ2) is 4.28. The van der Waals surface area contributed by atoms with Crippen LogP contribution in [0.4, 0.5) is 13.2 Å². The number of ketones is 1. The molecule has 0 bridgehead atoms. The van der Waals surface area contributed by atoms with Gasteiger partial charge < -0.3 is 5.32 Å². The van der Waals surface area contributed by atoms with Crippen molar-refractivity contribution in [2.24, 2.45) is 0 Å². The first-order valence-electron chi connectivity index (χ1n) is 4.08. The topological polar surface area (TPSA) is 42.0 Å². The Morgan fingerprint density at radius 2 is 2.13 bits per heavy atom. The van der Waals surface area contributed by atoms with E-state index in [-0.39, 0.29) is 22.9 Å².